The molecule has 0 saturated carbocycles. The van der Waals surface area contributed by atoms with Crippen LogP contribution in [0.25, 0.3) is 0 Å². The third kappa shape index (κ3) is 2.85. The van der Waals surface area contributed by atoms with Crippen molar-refractivity contribution in [1.29, 1.82) is 0 Å². The van der Waals surface area contributed by atoms with Gasteiger partial charge in [0.05, 0.1) is 0 Å². The fourth-order valence-corrected chi connectivity index (χ4v) is 1.35. The molecule has 0 radical (unpaired) electrons. The molecule has 0 bridgehead atoms. The van der Waals surface area contributed by atoms with Gasteiger partial charge in [-0.2, -0.15) is 0 Å². The Morgan fingerprint density at radius 1 is 1.73 bits per heavy atom. The highest BCUT2D eigenvalue weighted by atomic mass is 16.5. The molecule has 0 aliphatic carbocycles. The number of aldehydes is 1. The van der Waals surface area contributed by atoms with Crippen LogP contribution in [0.2, 0.25) is 0 Å². The predicted molar refractivity (Wildman–Crippen MR) is 43.4 cm³/mol. The van der Waals surface area contributed by atoms with Crippen molar-refractivity contribution in [3.8, 4) is 0 Å². The van der Waals surface area contributed by atoms with Gasteiger partial charge in [-0.05, 0) is 18.8 Å². The van der Waals surface area contributed by atoms with E-state index in [1.54, 1.807) is 0 Å². The SMILES string of the molecule is C=C(CC=O)CC1CCOC1. The molecule has 0 N–H and O–H groups in total. The number of allylic oxidation sites excluding steroid dienone is 1. The summed E-state index contributed by atoms with van der Waals surface area (Å²) in [6.45, 7) is 5.54. The summed E-state index contributed by atoms with van der Waals surface area (Å²) in [6, 6.07) is 0. The van der Waals surface area contributed by atoms with Gasteiger partial charge in [-0.1, -0.05) is 12.2 Å². The Hall–Kier alpha value is -0.630. The van der Waals surface area contributed by atoms with Crippen molar-refractivity contribution in [3.63, 3.8) is 0 Å². The lowest BCUT2D eigenvalue weighted by molar-refractivity contribution is -0.107. The summed E-state index contributed by atoms with van der Waals surface area (Å²) in [6.07, 6.45) is 3.51. The van der Waals surface area contributed by atoms with E-state index in [4.69, 9.17) is 4.74 Å². The van der Waals surface area contributed by atoms with Crippen LogP contribution < -0.4 is 0 Å². The average molecular weight is 154 g/mol. The highest BCUT2D eigenvalue weighted by Gasteiger charge is 2.15. The fraction of sp³-hybridized carbons (Fsp3) is 0.667. The Labute approximate surface area is 67.2 Å². The van der Waals surface area contributed by atoms with Crippen LogP contribution in [0.3, 0.4) is 0 Å². The van der Waals surface area contributed by atoms with Crippen molar-refractivity contribution in [2.45, 2.75) is 19.3 Å². The molecule has 1 heterocycles. The van der Waals surface area contributed by atoms with E-state index >= 15 is 0 Å². The van der Waals surface area contributed by atoms with Crippen LogP contribution in [0.15, 0.2) is 12.2 Å². The molecule has 1 rings (SSSR count). The number of hydrogen-bond donors (Lipinski definition) is 0. The normalized spacial score (nSPS) is 23.5. The molecule has 11 heavy (non-hydrogen) atoms. The van der Waals surface area contributed by atoms with Crippen LogP contribution in [0, 0.1) is 5.92 Å². The summed E-state index contributed by atoms with van der Waals surface area (Å²) in [5.74, 6) is 0.613. The van der Waals surface area contributed by atoms with E-state index in [2.05, 4.69) is 6.58 Å². The number of carbonyl (C=O) groups is 1. The van der Waals surface area contributed by atoms with Gasteiger partial charge in [0.2, 0.25) is 0 Å². The highest BCUT2D eigenvalue weighted by Crippen LogP contribution is 2.20. The fourth-order valence-electron chi connectivity index (χ4n) is 1.35. The first kappa shape index (κ1) is 8.47. The van der Waals surface area contributed by atoms with Gasteiger partial charge in [0.1, 0.15) is 6.29 Å². The maximum atomic E-state index is 10.1. The minimum Gasteiger partial charge on any atom is -0.381 e. The summed E-state index contributed by atoms with van der Waals surface area (Å²) in [5.41, 5.74) is 1.04. The van der Waals surface area contributed by atoms with Gasteiger partial charge in [0.25, 0.3) is 0 Å². The van der Waals surface area contributed by atoms with E-state index in [1.807, 2.05) is 0 Å². The quantitative estimate of drug-likeness (QED) is 0.453. The summed E-state index contributed by atoms with van der Waals surface area (Å²) in [5, 5.41) is 0. The van der Waals surface area contributed by atoms with Gasteiger partial charge < -0.3 is 9.53 Å². The molecule has 1 aliphatic heterocycles. The largest absolute Gasteiger partial charge is 0.381 e. The molecule has 0 spiro atoms. The average Bonchev–Trinajstić information content (AvgIpc) is 2.40. The molecule has 0 amide bonds. The van der Waals surface area contributed by atoms with Crippen molar-refractivity contribution in [2.24, 2.45) is 5.92 Å². The van der Waals surface area contributed by atoms with E-state index in [0.29, 0.717) is 12.3 Å². The Kier molecular flexibility index (Phi) is 3.30. The molecule has 2 heteroatoms. The molecule has 1 aliphatic rings. The van der Waals surface area contributed by atoms with Gasteiger partial charge in [-0.15, -0.1) is 0 Å². The third-order valence-corrected chi connectivity index (χ3v) is 1.97. The molecule has 1 saturated heterocycles. The topological polar surface area (TPSA) is 26.3 Å². The van der Waals surface area contributed by atoms with E-state index in [9.17, 15) is 4.79 Å². The number of rotatable bonds is 4. The highest BCUT2D eigenvalue weighted by molar-refractivity contribution is 5.53. The number of ether oxygens (including phenoxy) is 1. The Morgan fingerprint density at radius 2 is 2.55 bits per heavy atom. The molecule has 1 atom stereocenters. The molecule has 0 aromatic rings. The Morgan fingerprint density at radius 3 is 3.09 bits per heavy atom. The molecular formula is C9H14O2. The first-order valence-corrected chi connectivity index (χ1v) is 4.01. The molecule has 0 aromatic carbocycles. The maximum Gasteiger partial charge on any atom is 0.124 e. The molecule has 1 fully saturated rings. The van der Waals surface area contributed by atoms with Crippen LogP contribution in [-0.4, -0.2) is 19.5 Å². The third-order valence-electron chi connectivity index (χ3n) is 1.97. The summed E-state index contributed by atoms with van der Waals surface area (Å²) in [4.78, 5) is 10.1. The van der Waals surface area contributed by atoms with Crippen molar-refractivity contribution < 1.29 is 9.53 Å². The van der Waals surface area contributed by atoms with Crippen molar-refractivity contribution in [2.75, 3.05) is 13.2 Å². The Balaban J connectivity index is 2.18. The zero-order chi connectivity index (χ0) is 8.10. The molecular weight excluding hydrogens is 140 g/mol. The lowest BCUT2D eigenvalue weighted by Gasteiger charge is -2.06. The molecule has 0 aromatic heterocycles. The first-order valence-electron chi connectivity index (χ1n) is 4.01. The van der Waals surface area contributed by atoms with Crippen molar-refractivity contribution in [3.05, 3.63) is 12.2 Å². The van der Waals surface area contributed by atoms with Gasteiger partial charge >= 0.3 is 0 Å². The number of carbonyl (C=O) groups excluding carboxylic acids is 1. The minimum absolute atomic E-state index is 0.510. The summed E-state index contributed by atoms with van der Waals surface area (Å²) < 4.78 is 5.21. The second-order valence-corrected chi connectivity index (χ2v) is 3.05. The second kappa shape index (κ2) is 4.29. The van der Waals surface area contributed by atoms with E-state index in [-0.39, 0.29) is 0 Å². The minimum atomic E-state index is 0.510. The van der Waals surface area contributed by atoms with Crippen LogP contribution in [-0.2, 0) is 9.53 Å². The zero-order valence-corrected chi connectivity index (χ0v) is 6.71. The lowest BCUT2D eigenvalue weighted by atomic mass is 9.98. The van der Waals surface area contributed by atoms with Gasteiger partial charge in [0.15, 0.2) is 0 Å². The number of hydrogen-bond acceptors (Lipinski definition) is 2. The first-order chi connectivity index (χ1) is 5.33. The standard InChI is InChI=1S/C9H14O2/c1-8(2-4-10)6-9-3-5-11-7-9/h4,9H,1-3,5-7H2. The Bertz CT molecular complexity index is 146. The van der Waals surface area contributed by atoms with Gasteiger partial charge in [0, 0.05) is 19.6 Å². The smallest absolute Gasteiger partial charge is 0.124 e. The molecule has 62 valence electrons. The lowest BCUT2D eigenvalue weighted by Crippen LogP contribution is -2.00. The van der Waals surface area contributed by atoms with E-state index < -0.39 is 0 Å². The zero-order valence-electron chi connectivity index (χ0n) is 6.71. The van der Waals surface area contributed by atoms with E-state index in [1.165, 1.54) is 0 Å². The van der Waals surface area contributed by atoms with Crippen molar-refractivity contribution in [1.82, 2.24) is 0 Å². The van der Waals surface area contributed by atoms with Crippen LogP contribution in [0.5, 0.6) is 0 Å². The molecule has 1 unspecified atom stereocenters. The summed E-state index contributed by atoms with van der Waals surface area (Å²) >= 11 is 0. The molecule has 2 nitrogen and oxygen atoms in total. The van der Waals surface area contributed by atoms with Crippen LogP contribution >= 0.6 is 0 Å². The van der Waals surface area contributed by atoms with Crippen LogP contribution in [0.4, 0.5) is 0 Å². The van der Waals surface area contributed by atoms with E-state index in [0.717, 1.165) is 37.9 Å². The maximum absolute atomic E-state index is 10.1. The predicted octanol–water partition coefficient (Wildman–Crippen LogP) is 1.56. The summed E-state index contributed by atoms with van der Waals surface area (Å²) in [7, 11) is 0. The van der Waals surface area contributed by atoms with Gasteiger partial charge in [-0.3, -0.25) is 0 Å². The monoisotopic (exact) mass is 154 g/mol. The van der Waals surface area contributed by atoms with Crippen molar-refractivity contribution >= 4 is 6.29 Å². The van der Waals surface area contributed by atoms with Crippen LogP contribution in [0.1, 0.15) is 19.3 Å². The second-order valence-electron chi connectivity index (χ2n) is 3.05. The van der Waals surface area contributed by atoms with Gasteiger partial charge in [-0.25, -0.2) is 0 Å².